The first-order valence-corrected chi connectivity index (χ1v) is 5.34. The molecule has 0 N–H and O–H groups in total. The number of esters is 1. The van der Waals surface area contributed by atoms with Crippen molar-refractivity contribution in [1.29, 1.82) is 0 Å². The molecule has 0 bridgehead atoms. The van der Waals surface area contributed by atoms with Crippen LogP contribution >= 0.6 is 11.3 Å². The molecule has 0 aliphatic rings. The zero-order valence-corrected chi connectivity index (χ0v) is 9.78. The Morgan fingerprint density at radius 3 is 2.76 bits per heavy atom. The van der Waals surface area contributed by atoms with E-state index in [1.165, 1.54) is 14.0 Å². The number of rotatable bonds is 1. The Hall–Kier alpha value is -2.09. The highest BCUT2D eigenvalue weighted by Gasteiger charge is 2.13. The third kappa shape index (κ3) is 1.82. The van der Waals surface area contributed by atoms with E-state index in [0.717, 1.165) is 21.8 Å². The summed E-state index contributed by atoms with van der Waals surface area (Å²) in [6.45, 7) is 1.46. The second-order valence-corrected chi connectivity index (χ2v) is 4.16. The van der Waals surface area contributed by atoms with Gasteiger partial charge in [-0.25, -0.2) is 9.20 Å². The highest BCUT2D eigenvalue weighted by molar-refractivity contribution is 7.18. The van der Waals surface area contributed by atoms with Gasteiger partial charge in [-0.2, -0.15) is 0 Å². The highest BCUT2D eigenvalue weighted by Crippen LogP contribution is 2.09. The van der Waals surface area contributed by atoms with Crippen LogP contribution in [0.1, 0.15) is 15.4 Å². The Bertz CT molecular complexity index is 718. The van der Waals surface area contributed by atoms with Gasteiger partial charge in [0, 0.05) is 6.07 Å². The number of fused-ring (bicyclic) bond motifs is 1. The normalized spacial score (nSPS) is 10.5. The molecule has 0 spiro atoms. The van der Waals surface area contributed by atoms with Gasteiger partial charge in [-0.1, -0.05) is 11.3 Å². The highest BCUT2D eigenvalue weighted by atomic mass is 32.1. The molecule has 2 aromatic rings. The molecule has 2 aromatic heterocycles. The Morgan fingerprint density at radius 2 is 2.12 bits per heavy atom. The van der Waals surface area contributed by atoms with Crippen molar-refractivity contribution >= 4 is 22.3 Å². The Morgan fingerprint density at radius 1 is 1.41 bits per heavy atom. The molecule has 0 saturated heterocycles. The molecule has 0 amide bonds. The summed E-state index contributed by atoms with van der Waals surface area (Å²) in [5.41, 5.74) is -1.03. The van der Waals surface area contributed by atoms with Gasteiger partial charge >= 0.3 is 5.97 Å². The maximum absolute atomic E-state index is 11.7. The fourth-order valence-electron chi connectivity index (χ4n) is 1.22. The number of hydrogen-bond donors (Lipinski definition) is 0. The molecule has 8 heteroatoms. The van der Waals surface area contributed by atoms with Crippen LogP contribution in [-0.2, 0) is 4.74 Å². The van der Waals surface area contributed by atoms with Gasteiger partial charge in [-0.05, 0) is 6.92 Å². The van der Waals surface area contributed by atoms with E-state index in [1.807, 2.05) is 0 Å². The lowest BCUT2D eigenvalue weighted by Gasteiger charge is -2.00. The number of aryl methyl sites for hydroxylation is 1. The first-order valence-electron chi connectivity index (χ1n) is 4.53. The van der Waals surface area contributed by atoms with Crippen LogP contribution in [0, 0.1) is 6.92 Å². The summed E-state index contributed by atoms with van der Waals surface area (Å²) in [6.07, 6.45) is 0. The number of ether oxygens (including phenoxy) is 1. The lowest BCUT2D eigenvalue weighted by molar-refractivity contribution is 0.0606. The molecule has 0 radical (unpaired) electrons. The molecule has 88 valence electrons. The standard InChI is InChI=1S/C9H7N3O4S/c1-4-7(14)12-6(13)3-5(8(15)16-2)17-9(12)11-10-4/h3H,1-2H3. The van der Waals surface area contributed by atoms with Gasteiger partial charge in [0.05, 0.1) is 7.11 Å². The van der Waals surface area contributed by atoms with E-state index in [1.54, 1.807) is 0 Å². The quantitative estimate of drug-likeness (QED) is 0.643. The van der Waals surface area contributed by atoms with E-state index >= 15 is 0 Å². The summed E-state index contributed by atoms with van der Waals surface area (Å²) in [4.78, 5) is 34.8. The molecule has 0 aliphatic carbocycles. The summed E-state index contributed by atoms with van der Waals surface area (Å²) in [7, 11) is 1.21. The minimum atomic E-state index is -0.649. The molecule has 0 unspecified atom stereocenters. The van der Waals surface area contributed by atoms with Crippen molar-refractivity contribution in [2.45, 2.75) is 6.92 Å². The van der Waals surface area contributed by atoms with Gasteiger partial charge in [0.2, 0.25) is 4.96 Å². The van der Waals surface area contributed by atoms with Gasteiger partial charge < -0.3 is 4.74 Å². The third-order valence-corrected chi connectivity index (χ3v) is 3.00. The molecule has 0 aliphatic heterocycles. The molecule has 0 aromatic carbocycles. The van der Waals surface area contributed by atoms with E-state index in [4.69, 9.17) is 0 Å². The van der Waals surface area contributed by atoms with Crippen LogP contribution in [0.3, 0.4) is 0 Å². The molecule has 17 heavy (non-hydrogen) atoms. The van der Waals surface area contributed by atoms with E-state index in [0.29, 0.717) is 0 Å². The summed E-state index contributed by atoms with van der Waals surface area (Å²) >= 11 is 0.871. The van der Waals surface area contributed by atoms with Crippen molar-refractivity contribution in [3.05, 3.63) is 37.3 Å². The molecular formula is C9H7N3O4S. The monoisotopic (exact) mass is 253 g/mol. The maximum Gasteiger partial charge on any atom is 0.348 e. The van der Waals surface area contributed by atoms with Crippen LogP contribution in [0.5, 0.6) is 0 Å². The van der Waals surface area contributed by atoms with Crippen LogP contribution in [0.4, 0.5) is 0 Å². The second kappa shape index (κ2) is 4.06. The van der Waals surface area contributed by atoms with Crippen LogP contribution in [-0.4, -0.2) is 27.7 Å². The van der Waals surface area contributed by atoms with Crippen molar-refractivity contribution in [2.24, 2.45) is 0 Å². The molecule has 2 rings (SSSR count). The topological polar surface area (TPSA) is 90.6 Å². The van der Waals surface area contributed by atoms with Gasteiger partial charge in [-0.3, -0.25) is 9.59 Å². The predicted molar refractivity (Wildman–Crippen MR) is 59.5 cm³/mol. The van der Waals surface area contributed by atoms with E-state index in [-0.39, 0.29) is 15.5 Å². The minimum absolute atomic E-state index is 0.0634. The lowest BCUT2D eigenvalue weighted by Crippen LogP contribution is -2.29. The number of hydrogen-bond acceptors (Lipinski definition) is 7. The van der Waals surface area contributed by atoms with Crippen LogP contribution in [0.25, 0.3) is 4.96 Å². The Balaban J connectivity index is 2.86. The molecular weight excluding hydrogens is 246 g/mol. The molecule has 2 heterocycles. The SMILES string of the molecule is COC(=O)c1cc(=O)n2c(=O)c(C)nnc2s1. The third-order valence-electron chi connectivity index (χ3n) is 2.05. The predicted octanol–water partition coefficient (Wildman–Crippen LogP) is -0.394. The Labute approximate surface area is 98.3 Å². The zero-order valence-electron chi connectivity index (χ0n) is 8.96. The van der Waals surface area contributed by atoms with Crippen LogP contribution < -0.4 is 11.1 Å². The van der Waals surface area contributed by atoms with E-state index < -0.39 is 17.1 Å². The fraction of sp³-hybridized carbons (Fsp3) is 0.222. The molecule has 7 nitrogen and oxygen atoms in total. The summed E-state index contributed by atoms with van der Waals surface area (Å²) < 4.78 is 5.37. The van der Waals surface area contributed by atoms with Gasteiger partial charge in [0.25, 0.3) is 11.1 Å². The fourth-order valence-corrected chi connectivity index (χ4v) is 2.09. The van der Waals surface area contributed by atoms with Gasteiger partial charge in [-0.15, -0.1) is 10.2 Å². The van der Waals surface area contributed by atoms with Crippen molar-refractivity contribution < 1.29 is 9.53 Å². The minimum Gasteiger partial charge on any atom is -0.465 e. The smallest absolute Gasteiger partial charge is 0.348 e. The van der Waals surface area contributed by atoms with Crippen molar-refractivity contribution in [2.75, 3.05) is 7.11 Å². The molecule has 0 atom stereocenters. The zero-order chi connectivity index (χ0) is 12.6. The maximum atomic E-state index is 11.7. The first kappa shape index (κ1) is 11.4. The number of methoxy groups -OCH3 is 1. The van der Waals surface area contributed by atoms with Crippen molar-refractivity contribution in [1.82, 2.24) is 14.6 Å². The van der Waals surface area contributed by atoms with Crippen molar-refractivity contribution in [3.8, 4) is 0 Å². The van der Waals surface area contributed by atoms with E-state index in [9.17, 15) is 14.4 Å². The van der Waals surface area contributed by atoms with Crippen molar-refractivity contribution in [3.63, 3.8) is 0 Å². The number of aromatic nitrogens is 3. The lowest BCUT2D eigenvalue weighted by atomic mass is 10.5. The largest absolute Gasteiger partial charge is 0.465 e. The average Bonchev–Trinajstić information content (AvgIpc) is 2.32. The summed E-state index contributed by atoms with van der Waals surface area (Å²) in [5, 5.41) is 7.31. The number of carbonyl (C=O) groups is 1. The average molecular weight is 253 g/mol. The number of carbonyl (C=O) groups excluding carboxylic acids is 1. The van der Waals surface area contributed by atoms with Crippen LogP contribution in [0.15, 0.2) is 15.7 Å². The van der Waals surface area contributed by atoms with E-state index in [2.05, 4.69) is 14.9 Å². The molecule has 0 fully saturated rings. The summed E-state index contributed by atoms with van der Waals surface area (Å²) in [6, 6.07) is 1.05. The molecule has 0 saturated carbocycles. The second-order valence-electron chi connectivity index (χ2n) is 3.15. The summed E-state index contributed by atoms with van der Waals surface area (Å²) in [5.74, 6) is -0.649. The Kier molecular flexibility index (Phi) is 2.72. The number of nitrogens with zero attached hydrogens (tertiary/aromatic N) is 3. The van der Waals surface area contributed by atoms with Gasteiger partial charge in [0.15, 0.2) is 0 Å². The van der Waals surface area contributed by atoms with Crippen LogP contribution in [0.2, 0.25) is 0 Å². The first-order chi connectivity index (χ1) is 8.04. The van der Waals surface area contributed by atoms with Gasteiger partial charge in [0.1, 0.15) is 10.6 Å².